The van der Waals surface area contributed by atoms with Gasteiger partial charge < -0.3 is 19.3 Å². The third-order valence-corrected chi connectivity index (χ3v) is 5.80. The van der Waals surface area contributed by atoms with Gasteiger partial charge in [0, 0.05) is 43.5 Å². The standard InChI is InChI=1S/C25H30N4O4/c1-18-27-25(33-28-18)21-8-6-20(7-9-21)24(30)26-17-19-4-3-5-23(16-19)32-15-12-29(2)22-10-13-31-14-11-22/h3-9,16,22H,10-15,17H2,1-2H3,(H,26,30). The molecule has 2 heterocycles. The summed E-state index contributed by atoms with van der Waals surface area (Å²) in [6.07, 6.45) is 2.15. The number of aryl methyl sites for hydroxylation is 1. The van der Waals surface area contributed by atoms with Crippen molar-refractivity contribution in [2.45, 2.75) is 32.4 Å². The van der Waals surface area contributed by atoms with Gasteiger partial charge >= 0.3 is 0 Å². The van der Waals surface area contributed by atoms with E-state index in [1.54, 1.807) is 31.2 Å². The van der Waals surface area contributed by atoms with Crippen LogP contribution in [-0.4, -0.2) is 60.4 Å². The molecule has 0 aliphatic carbocycles. The number of ether oxygens (including phenoxy) is 2. The van der Waals surface area contributed by atoms with Gasteiger partial charge in [-0.3, -0.25) is 9.69 Å². The molecule has 0 spiro atoms. The van der Waals surface area contributed by atoms with Crippen molar-refractivity contribution in [3.8, 4) is 17.2 Å². The van der Waals surface area contributed by atoms with E-state index in [0.717, 1.165) is 49.5 Å². The highest BCUT2D eigenvalue weighted by atomic mass is 16.5. The fourth-order valence-electron chi connectivity index (χ4n) is 3.82. The van der Waals surface area contributed by atoms with Crippen LogP contribution in [0.1, 0.15) is 34.6 Å². The van der Waals surface area contributed by atoms with Crippen molar-refractivity contribution in [2.24, 2.45) is 0 Å². The Hall–Kier alpha value is -3.23. The van der Waals surface area contributed by atoms with Crippen LogP contribution in [0.2, 0.25) is 0 Å². The van der Waals surface area contributed by atoms with E-state index in [2.05, 4.69) is 27.4 Å². The number of nitrogens with one attached hydrogen (secondary N) is 1. The summed E-state index contributed by atoms with van der Waals surface area (Å²) in [6, 6.07) is 15.5. The molecular formula is C25H30N4O4. The number of hydrogen-bond donors (Lipinski definition) is 1. The molecule has 174 valence electrons. The molecule has 1 N–H and O–H groups in total. The molecule has 1 amide bonds. The highest BCUT2D eigenvalue weighted by Gasteiger charge is 2.18. The minimum Gasteiger partial charge on any atom is -0.492 e. The average molecular weight is 451 g/mol. The maximum absolute atomic E-state index is 12.5. The van der Waals surface area contributed by atoms with E-state index in [4.69, 9.17) is 14.0 Å². The maximum atomic E-state index is 12.5. The van der Waals surface area contributed by atoms with Gasteiger partial charge in [0.1, 0.15) is 12.4 Å². The smallest absolute Gasteiger partial charge is 0.257 e. The summed E-state index contributed by atoms with van der Waals surface area (Å²) < 4.78 is 16.5. The number of rotatable bonds is 9. The Balaban J connectivity index is 1.24. The highest BCUT2D eigenvalue weighted by Crippen LogP contribution is 2.18. The minimum atomic E-state index is -0.146. The predicted molar refractivity (Wildman–Crippen MR) is 124 cm³/mol. The lowest BCUT2D eigenvalue weighted by atomic mass is 10.1. The second-order valence-electron chi connectivity index (χ2n) is 8.23. The zero-order valence-corrected chi connectivity index (χ0v) is 19.1. The number of hydrogen-bond acceptors (Lipinski definition) is 7. The van der Waals surface area contributed by atoms with Crippen molar-refractivity contribution in [1.82, 2.24) is 20.4 Å². The van der Waals surface area contributed by atoms with E-state index in [-0.39, 0.29) is 5.91 Å². The van der Waals surface area contributed by atoms with Crippen LogP contribution in [0.3, 0.4) is 0 Å². The molecule has 1 aliphatic rings. The Morgan fingerprint density at radius 2 is 1.97 bits per heavy atom. The largest absolute Gasteiger partial charge is 0.492 e. The van der Waals surface area contributed by atoms with Crippen molar-refractivity contribution >= 4 is 5.91 Å². The molecule has 0 saturated carbocycles. The highest BCUT2D eigenvalue weighted by molar-refractivity contribution is 5.94. The van der Waals surface area contributed by atoms with Gasteiger partial charge in [0.15, 0.2) is 5.82 Å². The van der Waals surface area contributed by atoms with Gasteiger partial charge in [0.25, 0.3) is 11.8 Å². The van der Waals surface area contributed by atoms with Crippen LogP contribution < -0.4 is 10.1 Å². The van der Waals surface area contributed by atoms with Gasteiger partial charge in [0.2, 0.25) is 0 Å². The summed E-state index contributed by atoms with van der Waals surface area (Å²) in [4.78, 5) is 19.1. The number of likely N-dealkylation sites (N-methyl/N-ethyl adjacent to an activating group) is 1. The van der Waals surface area contributed by atoms with Crippen molar-refractivity contribution in [1.29, 1.82) is 0 Å². The van der Waals surface area contributed by atoms with Crippen molar-refractivity contribution in [2.75, 3.05) is 33.4 Å². The molecule has 0 bridgehead atoms. The second kappa shape index (κ2) is 11.1. The zero-order chi connectivity index (χ0) is 23.0. The molecule has 8 nitrogen and oxygen atoms in total. The van der Waals surface area contributed by atoms with Gasteiger partial charge in [-0.2, -0.15) is 4.98 Å². The molecule has 2 aromatic carbocycles. The summed E-state index contributed by atoms with van der Waals surface area (Å²) in [5.74, 6) is 1.67. The second-order valence-corrected chi connectivity index (χ2v) is 8.23. The third-order valence-electron chi connectivity index (χ3n) is 5.80. The molecule has 3 aromatic rings. The van der Waals surface area contributed by atoms with Gasteiger partial charge in [-0.25, -0.2) is 0 Å². The molecule has 4 rings (SSSR count). The Morgan fingerprint density at radius 1 is 1.18 bits per heavy atom. The van der Waals surface area contributed by atoms with Gasteiger partial charge in [-0.1, -0.05) is 17.3 Å². The number of benzene rings is 2. The Bertz CT molecular complexity index is 1040. The van der Waals surface area contributed by atoms with Crippen LogP contribution in [0.4, 0.5) is 0 Å². The van der Waals surface area contributed by atoms with Crippen LogP contribution in [0.5, 0.6) is 5.75 Å². The summed E-state index contributed by atoms with van der Waals surface area (Å²) >= 11 is 0. The lowest BCUT2D eigenvalue weighted by Crippen LogP contribution is -2.38. The van der Waals surface area contributed by atoms with Crippen LogP contribution in [0.25, 0.3) is 11.5 Å². The first-order chi connectivity index (χ1) is 16.1. The minimum absolute atomic E-state index is 0.146. The fraction of sp³-hybridized carbons (Fsp3) is 0.400. The predicted octanol–water partition coefficient (Wildman–Crippen LogP) is 3.46. The first-order valence-electron chi connectivity index (χ1n) is 11.3. The maximum Gasteiger partial charge on any atom is 0.257 e. The monoisotopic (exact) mass is 450 g/mol. The normalized spacial score (nSPS) is 14.4. The lowest BCUT2D eigenvalue weighted by Gasteiger charge is -2.31. The molecule has 1 aliphatic heterocycles. The molecular weight excluding hydrogens is 420 g/mol. The van der Waals surface area contributed by atoms with E-state index in [9.17, 15) is 4.79 Å². The molecule has 0 unspecified atom stereocenters. The Labute approximate surface area is 193 Å². The number of carbonyl (C=O) groups excluding carboxylic acids is 1. The molecule has 1 fully saturated rings. The lowest BCUT2D eigenvalue weighted by molar-refractivity contribution is 0.0392. The molecule has 8 heteroatoms. The van der Waals surface area contributed by atoms with E-state index in [1.807, 2.05) is 24.3 Å². The first-order valence-corrected chi connectivity index (χ1v) is 11.3. The Morgan fingerprint density at radius 3 is 2.70 bits per heavy atom. The molecule has 1 saturated heterocycles. The van der Waals surface area contributed by atoms with Crippen LogP contribution in [0.15, 0.2) is 53.1 Å². The SMILES string of the molecule is Cc1noc(-c2ccc(C(=O)NCc3cccc(OCCN(C)C4CCOCC4)c3)cc2)n1. The Kier molecular flexibility index (Phi) is 7.70. The van der Waals surface area contributed by atoms with Crippen LogP contribution in [0, 0.1) is 6.92 Å². The topological polar surface area (TPSA) is 89.7 Å². The summed E-state index contributed by atoms with van der Waals surface area (Å²) in [5.41, 5.74) is 2.33. The molecule has 0 radical (unpaired) electrons. The fourth-order valence-corrected chi connectivity index (χ4v) is 3.82. The molecule has 1 aromatic heterocycles. The van der Waals surface area contributed by atoms with Crippen LogP contribution in [-0.2, 0) is 11.3 Å². The number of nitrogens with zero attached hydrogens (tertiary/aromatic N) is 3. The average Bonchev–Trinajstić information content (AvgIpc) is 3.29. The van der Waals surface area contributed by atoms with E-state index in [0.29, 0.717) is 36.5 Å². The van der Waals surface area contributed by atoms with Crippen molar-refractivity contribution < 1.29 is 18.8 Å². The van der Waals surface area contributed by atoms with E-state index >= 15 is 0 Å². The zero-order valence-electron chi connectivity index (χ0n) is 19.1. The van der Waals surface area contributed by atoms with Crippen molar-refractivity contribution in [3.05, 3.63) is 65.5 Å². The van der Waals surface area contributed by atoms with Gasteiger partial charge in [0.05, 0.1) is 0 Å². The number of amides is 1. The summed E-state index contributed by atoms with van der Waals surface area (Å²) in [7, 11) is 2.14. The van der Waals surface area contributed by atoms with Crippen molar-refractivity contribution in [3.63, 3.8) is 0 Å². The molecule has 0 atom stereocenters. The summed E-state index contributed by atoms with van der Waals surface area (Å²) in [6.45, 7) is 5.35. The quantitative estimate of drug-likeness (QED) is 0.534. The number of carbonyl (C=O) groups is 1. The van der Waals surface area contributed by atoms with Crippen LogP contribution >= 0.6 is 0 Å². The van der Waals surface area contributed by atoms with Gasteiger partial charge in [-0.05, 0) is 68.8 Å². The number of aromatic nitrogens is 2. The van der Waals surface area contributed by atoms with Gasteiger partial charge in [-0.15, -0.1) is 0 Å². The first kappa shape index (κ1) is 22.9. The third kappa shape index (κ3) is 6.40. The molecule has 33 heavy (non-hydrogen) atoms. The van der Waals surface area contributed by atoms with E-state index in [1.165, 1.54) is 0 Å². The summed E-state index contributed by atoms with van der Waals surface area (Å²) in [5, 5.41) is 6.74. The van der Waals surface area contributed by atoms with E-state index < -0.39 is 0 Å².